The van der Waals surface area contributed by atoms with Gasteiger partial charge in [0.2, 0.25) is 0 Å². The average molecular weight is 346 g/mol. The molecule has 1 atom stereocenters. The maximum absolute atomic E-state index is 9.43. The van der Waals surface area contributed by atoms with Gasteiger partial charge in [-0.25, -0.2) is 4.68 Å². The van der Waals surface area contributed by atoms with Crippen molar-refractivity contribution in [3.63, 3.8) is 0 Å². The Kier molecular flexibility index (Phi) is 4.72. The van der Waals surface area contributed by atoms with Crippen molar-refractivity contribution < 1.29 is 0 Å². The fourth-order valence-corrected chi connectivity index (χ4v) is 2.93. The smallest absolute Gasteiger partial charge is 0.167 e. The third kappa shape index (κ3) is 3.29. The summed E-state index contributed by atoms with van der Waals surface area (Å²) in [7, 11) is 0. The monoisotopic (exact) mass is 346 g/mol. The van der Waals surface area contributed by atoms with E-state index in [4.69, 9.17) is 0 Å². The van der Waals surface area contributed by atoms with Crippen LogP contribution in [0.5, 0.6) is 0 Å². The second kappa shape index (κ2) is 6.96. The summed E-state index contributed by atoms with van der Waals surface area (Å²) in [5.74, 6) is 0.519. The molecule has 2 aromatic heterocycles. The number of nitriles is 1. The molecule has 1 N–H and O–H groups in total. The molecule has 0 aliphatic rings. The molecule has 0 saturated carbocycles. The fraction of sp³-hybridized carbons (Fsp3) is 0.300. The molecule has 132 valence electrons. The highest BCUT2D eigenvalue weighted by atomic mass is 15.3. The third-order valence-electron chi connectivity index (χ3n) is 4.57. The minimum atomic E-state index is -0.00647. The van der Waals surface area contributed by atoms with Gasteiger partial charge in [-0.3, -0.25) is 0 Å². The van der Waals surface area contributed by atoms with Crippen LogP contribution < -0.4 is 5.32 Å². The molecule has 0 amide bonds. The van der Waals surface area contributed by atoms with Crippen molar-refractivity contribution in [1.82, 2.24) is 20.0 Å². The molecule has 6 nitrogen and oxygen atoms in total. The van der Waals surface area contributed by atoms with Gasteiger partial charge in [-0.15, -0.1) is 5.10 Å². The molecular weight excluding hydrogens is 324 g/mol. The number of hydrogen-bond acceptors (Lipinski definition) is 5. The third-order valence-corrected chi connectivity index (χ3v) is 4.57. The molecule has 26 heavy (non-hydrogen) atoms. The summed E-state index contributed by atoms with van der Waals surface area (Å²) in [4.78, 5) is 0. The first-order chi connectivity index (χ1) is 12.4. The van der Waals surface area contributed by atoms with Crippen LogP contribution in [0.25, 0.3) is 5.69 Å². The Morgan fingerprint density at radius 3 is 2.35 bits per heavy atom. The lowest BCUT2D eigenvalue weighted by Gasteiger charge is -2.17. The second-order valence-corrected chi connectivity index (χ2v) is 6.54. The summed E-state index contributed by atoms with van der Waals surface area (Å²) in [5.41, 5.74) is 6.40. The quantitative estimate of drug-likeness (QED) is 0.774. The van der Waals surface area contributed by atoms with Crippen molar-refractivity contribution in [2.75, 3.05) is 5.32 Å². The zero-order chi connectivity index (χ0) is 18.8. The highest BCUT2D eigenvalue weighted by molar-refractivity contribution is 5.56. The van der Waals surface area contributed by atoms with Crippen molar-refractivity contribution in [2.45, 2.75) is 40.7 Å². The van der Waals surface area contributed by atoms with Crippen molar-refractivity contribution in [2.24, 2.45) is 0 Å². The summed E-state index contributed by atoms with van der Waals surface area (Å²) >= 11 is 0. The maximum Gasteiger partial charge on any atom is 0.167 e. The molecular formula is C20H22N6. The van der Waals surface area contributed by atoms with Gasteiger partial charge in [-0.1, -0.05) is 12.1 Å². The summed E-state index contributed by atoms with van der Waals surface area (Å²) < 4.78 is 1.93. The van der Waals surface area contributed by atoms with Crippen LogP contribution >= 0.6 is 0 Å². The van der Waals surface area contributed by atoms with Crippen LogP contribution in [0.4, 0.5) is 5.82 Å². The summed E-state index contributed by atoms with van der Waals surface area (Å²) in [6.45, 7) is 9.81. The van der Waals surface area contributed by atoms with E-state index in [0.29, 0.717) is 11.4 Å². The SMILES string of the molecule is Cc1cc(C)n(-c2ccc(C(C)Nc3nnc(C)c(C)c3C#N)cc2)n1. The Hall–Kier alpha value is -3.20. The van der Waals surface area contributed by atoms with Gasteiger partial charge in [0.1, 0.15) is 11.6 Å². The minimum absolute atomic E-state index is 0.00647. The Balaban J connectivity index is 1.83. The normalized spacial score (nSPS) is 11.8. The lowest BCUT2D eigenvalue weighted by molar-refractivity contribution is 0.825. The largest absolute Gasteiger partial charge is 0.361 e. The number of nitrogens with zero attached hydrogens (tertiary/aromatic N) is 5. The van der Waals surface area contributed by atoms with E-state index in [0.717, 1.165) is 33.9 Å². The van der Waals surface area contributed by atoms with E-state index in [9.17, 15) is 5.26 Å². The van der Waals surface area contributed by atoms with E-state index in [-0.39, 0.29) is 6.04 Å². The molecule has 0 radical (unpaired) electrons. The zero-order valence-corrected chi connectivity index (χ0v) is 15.7. The number of aromatic nitrogens is 4. The Morgan fingerprint density at radius 1 is 1.08 bits per heavy atom. The first-order valence-electron chi connectivity index (χ1n) is 8.55. The molecule has 0 aliphatic carbocycles. The lowest BCUT2D eigenvalue weighted by atomic mass is 10.1. The van der Waals surface area contributed by atoms with Gasteiger partial charge in [0, 0.05) is 5.69 Å². The number of anilines is 1. The van der Waals surface area contributed by atoms with Crippen LogP contribution in [0.3, 0.4) is 0 Å². The molecule has 6 heteroatoms. The molecule has 3 rings (SSSR count). The fourth-order valence-electron chi connectivity index (χ4n) is 2.93. The van der Waals surface area contributed by atoms with E-state index < -0.39 is 0 Å². The van der Waals surface area contributed by atoms with Crippen LogP contribution in [-0.4, -0.2) is 20.0 Å². The average Bonchev–Trinajstić information content (AvgIpc) is 2.97. The predicted molar refractivity (Wildman–Crippen MR) is 101 cm³/mol. The van der Waals surface area contributed by atoms with Crippen LogP contribution in [-0.2, 0) is 0 Å². The number of benzene rings is 1. The van der Waals surface area contributed by atoms with Crippen molar-refractivity contribution >= 4 is 5.82 Å². The minimum Gasteiger partial charge on any atom is -0.361 e. The van der Waals surface area contributed by atoms with E-state index in [1.807, 2.05) is 51.4 Å². The Labute approximate surface area is 153 Å². The highest BCUT2D eigenvalue weighted by Gasteiger charge is 2.14. The zero-order valence-electron chi connectivity index (χ0n) is 15.7. The molecule has 0 saturated heterocycles. The summed E-state index contributed by atoms with van der Waals surface area (Å²) in [5, 5.41) is 25.5. The topological polar surface area (TPSA) is 79.4 Å². The van der Waals surface area contributed by atoms with Crippen LogP contribution in [0.1, 0.15) is 46.7 Å². The van der Waals surface area contributed by atoms with Crippen LogP contribution in [0.15, 0.2) is 30.3 Å². The molecule has 0 spiro atoms. The van der Waals surface area contributed by atoms with E-state index in [1.165, 1.54) is 0 Å². The molecule has 0 bridgehead atoms. The number of rotatable bonds is 4. The van der Waals surface area contributed by atoms with Gasteiger partial charge in [-0.05, 0) is 63.9 Å². The van der Waals surface area contributed by atoms with Crippen LogP contribution in [0, 0.1) is 39.0 Å². The Morgan fingerprint density at radius 2 is 1.77 bits per heavy atom. The van der Waals surface area contributed by atoms with E-state index in [2.05, 4.69) is 44.9 Å². The van der Waals surface area contributed by atoms with Gasteiger partial charge >= 0.3 is 0 Å². The molecule has 1 unspecified atom stereocenters. The number of hydrogen-bond donors (Lipinski definition) is 1. The van der Waals surface area contributed by atoms with Crippen LogP contribution in [0.2, 0.25) is 0 Å². The predicted octanol–water partition coefficient (Wildman–Crippen LogP) is 3.94. The highest BCUT2D eigenvalue weighted by Crippen LogP contribution is 2.24. The first-order valence-corrected chi connectivity index (χ1v) is 8.55. The van der Waals surface area contributed by atoms with E-state index in [1.54, 1.807) is 0 Å². The molecule has 1 aromatic carbocycles. The Bertz CT molecular complexity index is 979. The van der Waals surface area contributed by atoms with Crippen molar-refractivity contribution in [3.05, 3.63) is 64.1 Å². The standard InChI is InChI=1S/C20H22N6/c1-12-10-13(2)26(25-12)18-8-6-17(7-9-18)16(5)22-20-19(11-21)14(3)15(4)23-24-20/h6-10,16H,1-5H3,(H,22,24). The van der Waals surface area contributed by atoms with Gasteiger partial charge in [0.25, 0.3) is 0 Å². The number of aryl methyl sites for hydroxylation is 3. The van der Waals surface area contributed by atoms with Crippen molar-refractivity contribution in [1.29, 1.82) is 5.26 Å². The molecule has 0 aliphatic heterocycles. The van der Waals surface area contributed by atoms with Crippen molar-refractivity contribution in [3.8, 4) is 11.8 Å². The molecule has 0 fully saturated rings. The van der Waals surface area contributed by atoms with Gasteiger partial charge in [-0.2, -0.15) is 15.5 Å². The van der Waals surface area contributed by atoms with Gasteiger partial charge in [0.15, 0.2) is 5.82 Å². The molecule has 2 heterocycles. The maximum atomic E-state index is 9.43. The summed E-state index contributed by atoms with van der Waals surface area (Å²) in [6.07, 6.45) is 0. The van der Waals surface area contributed by atoms with Gasteiger partial charge < -0.3 is 5.32 Å². The first kappa shape index (κ1) is 17.6. The molecule has 3 aromatic rings. The van der Waals surface area contributed by atoms with E-state index >= 15 is 0 Å². The van der Waals surface area contributed by atoms with Gasteiger partial charge in [0.05, 0.1) is 23.1 Å². The number of nitrogens with one attached hydrogen (secondary N) is 1. The summed E-state index contributed by atoms with van der Waals surface area (Å²) in [6, 6.07) is 12.5. The second-order valence-electron chi connectivity index (χ2n) is 6.54. The lowest BCUT2D eigenvalue weighted by Crippen LogP contribution is -2.12.